The van der Waals surface area contributed by atoms with Gasteiger partial charge in [0, 0.05) is 11.8 Å². The predicted molar refractivity (Wildman–Crippen MR) is 91.4 cm³/mol. The molecule has 0 aliphatic rings. The third-order valence-electron chi connectivity index (χ3n) is 2.91. The molecule has 0 heterocycles. The standard InChI is InChI=1S/C15H13N7O2/c16-9-13(15(17)18)21-20-11-6-7-12(14(8-11)22(23)24)19-10-4-2-1-3-5-10/h1-8,19-20H,(H3,17,18)/b21-13+. The first kappa shape index (κ1) is 16.4. The van der Waals surface area contributed by atoms with Gasteiger partial charge in [0.25, 0.3) is 5.69 Å². The number of amidine groups is 1. The third-order valence-corrected chi connectivity index (χ3v) is 2.91. The van der Waals surface area contributed by atoms with Crippen molar-refractivity contribution in [2.45, 2.75) is 0 Å². The molecule has 0 radical (unpaired) electrons. The Bertz CT molecular complexity index is 841. The van der Waals surface area contributed by atoms with Crippen LogP contribution in [-0.4, -0.2) is 16.5 Å². The first-order chi connectivity index (χ1) is 11.5. The number of para-hydroxylation sites is 1. The van der Waals surface area contributed by atoms with Gasteiger partial charge >= 0.3 is 0 Å². The van der Waals surface area contributed by atoms with Crippen LogP contribution in [0.4, 0.5) is 22.7 Å². The quantitative estimate of drug-likeness (QED) is 0.277. The van der Waals surface area contributed by atoms with Crippen molar-refractivity contribution >= 4 is 34.3 Å². The number of hydrogen-bond acceptors (Lipinski definition) is 7. The highest BCUT2D eigenvalue weighted by atomic mass is 16.6. The van der Waals surface area contributed by atoms with Crippen molar-refractivity contribution in [3.05, 3.63) is 58.6 Å². The van der Waals surface area contributed by atoms with Crippen LogP contribution in [0.1, 0.15) is 0 Å². The molecule has 2 rings (SSSR count). The Labute approximate surface area is 137 Å². The highest BCUT2D eigenvalue weighted by Crippen LogP contribution is 2.30. The Morgan fingerprint density at radius 1 is 1.25 bits per heavy atom. The van der Waals surface area contributed by atoms with Gasteiger partial charge in [-0.2, -0.15) is 10.4 Å². The van der Waals surface area contributed by atoms with E-state index in [1.54, 1.807) is 24.3 Å². The van der Waals surface area contributed by atoms with Gasteiger partial charge in [-0.25, -0.2) is 0 Å². The molecular weight excluding hydrogens is 310 g/mol. The van der Waals surface area contributed by atoms with Crippen molar-refractivity contribution in [1.82, 2.24) is 0 Å². The Morgan fingerprint density at radius 3 is 2.54 bits per heavy atom. The Balaban J connectivity index is 2.28. The second-order valence-corrected chi connectivity index (χ2v) is 4.58. The van der Waals surface area contributed by atoms with Crippen LogP contribution in [0, 0.1) is 26.9 Å². The van der Waals surface area contributed by atoms with E-state index < -0.39 is 10.8 Å². The van der Waals surface area contributed by atoms with Crippen LogP contribution >= 0.6 is 0 Å². The first-order valence-electron chi connectivity index (χ1n) is 6.70. The SMILES string of the molecule is N#C/C(=N\Nc1ccc(Nc2ccccc2)c([N+](=O)[O-])c1)C(=N)N. The lowest BCUT2D eigenvalue weighted by Gasteiger charge is -2.08. The summed E-state index contributed by atoms with van der Waals surface area (Å²) < 4.78 is 0. The van der Waals surface area contributed by atoms with Crippen LogP contribution in [0.15, 0.2) is 53.6 Å². The molecule has 0 saturated heterocycles. The van der Waals surface area contributed by atoms with Crippen molar-refractivity contribution in [3.63, 3.8) is 0 Å². The molecule has 0 amide bonds. The smallest absolute Gasteiger partial charge is 0.294 e. The molecule has 9 heteroatoms. The Kier molecular flexibility index (Phi) is 5.05. The highest BCUT2D eigenvalue weighted by molar-refractivity contribution is 6.45. The summed E-state index contributed by atoms with van der Waals surface area (Å²) in [5, 5.41) is 33.8. The summed E-state index contributed by atoms with van der Waals surface area (Å²) in [7, 11) is 0. The normalized spacial score (nSPS) is 10.5. The number of anilines is 3. The van der Waals surface area contributed by atoms with Crippen LogP contribution < -0.4 is 16.5 Å². The van der Waals surface area contributed by atoms with Gasteiger partial charge in [0.1, 0.15) is 11.8 Å². The molecule has 0 bridgehead atoms. The van der Waals surface area contributed by atoms with Crippen molar-refractivity contribution in [1.29, 1.82) is 10.7 Å². The molecule has 0 aromatic heterocycles. The van der Waals surface area contributed by atoms with E-state index in [2.05, 4.69) is 15.8 Å². The molecular formula is C15H13N7O2. The van der Waals surface area contributed by atoms with Gasteiger partial charge in [0.15, 0.2) is 5.84 Å². The average molecular weight is 323 g/mol. The maximum Gasteiger partial charge on any atom is 0.294 e. The minimum atomic E-state index is -0.531. The number of hydrazone groups is 1. The summed E-state index contributed by atoms with van der Waals surface area (Å²) in [6.45, 7) is 0. The lowest BCUT2D eigenvalue weighted by molar-refractivity contribution is -0.383. The van der Waals surface area contributed by atoms with E-state index in [1.807, 2.05) is 18.2 Å². The van der Waals surface area contributed by atoms with E-state index in [4.69, 9.17) is 16.4 Å². The van der Waals surface area contributed by atoms with Crippen LogP contribution in [0.5, 0.6) is 0 Å². The first-order valence-corrected chi connectivity index (χ1v) is 6.70. The average Bonchev–Trinajstić information content (AvgIpc) is 2.57. The number of nitro groups is 1. The predicted octanol–water partition coefficient (Wildman–Crippen LogP) is 2.57. The van der Waals surface area contributed by atoms with E-state index in [0.717, 1.165) is 0 Å². The zero-order valence-corrected chi connectivity index (χ0v) is 12.4. The van der Waals surface area contributed by atoms with Gasteiger partial charge in [-0.3, -0.25) is 20.9 Å². The van der Waals surface area contributed by atoms with Crippen LogP contribution in [0.3, 0.4) is 0 Å². The molecule has 0 fully saturated rings. The van der Waals surface area contributed by atoms with Crippen molar-refractivity contribution in [2.75, 3.05) is 10.7 Å². The van der Waals surface area contributed by atoms with Gasteiger partial charge in [0.05, 0.1) is 10.6 Å². The molecule has 0 spiro atoms. The van der Waals surface area contributed by atoms with Gasteiger partial charge in [-0.15, -0.1) is 0 Å². The monoisotopic (exact) mass is 323 g/mol. The van der Waals surface area contributed by atoms with Gasteiger partial charge < -0.3 is 11.1 Å². The molecule has 24 heavy (non-hydrogen) atoms. The van der Waals surface area contributed by atoms with Crippen molar-refractivity contribution in [3.8, 4) is 6.07 Å². The molecule has 0 aliphatic heterocycles. The van der Waals surface area contributed by atoms with Crippen LogP contribution in [0.25, 0.3) is 0 Å². The summed E-state index contributed by atoms with van der Waals surface area (Å²) in [5.74, 6) is -0.498. The van der Waals surface area contributed by atoms with E-state index >= 15 is 0 Å². The van der Waals surface area contributed by atoms with Crippen molar-refractivity contribution < 1.29 is 4.92 Å². The number of nitrogens with one attached hydrogen (secondary N) is 3. The number of hydrogen-bond donors (Lipinski definition) is 4. The van der Waals surface area contributed by atoms with E-state index in [9.17, 15) is 10.1 Å². The molecule has 2 aromatic rings. The van der Waals surface area contributed by atoms with E-state index in [1.165, 1.54) is 12.1 Å². The molecule has 0 aliphatic carbocycles. The van der Waals surface area contributed by atoms with E-state index in [-0.39, 0.29) is 17.1 Å². The zero-order chi connectivity index (χ0) is 17.5. The summed E-state index contributed by atoms with van der Waals surface area (Å²) in [6, 6.07) is 15.0. The molecule has 9 nitrogen and oxygen atoms in total. The maximum atomic E-state index is 11.3. The number of nitrogens with two attached hydrogens (primary N) is 1. The number of nitro benzene ring substituents is 1. The molecule has 0 atom stereocenters. The number of nitrogens with zero attached hydrogens (tertiary/aromatic N) is 3. The second-order valence-electron chi connectivity index (χ2n) is 4.58. The third kappa shape index (κ3) is 4.05. The fraction of sp³-hybridized carbons (Fsp3) is 0. The Morgan fingerprint density at radius 2 is 1.96 bits per heavy atom. The fourth-order valence-electron chi connectivity index (χ4n) is 1.80. The lowest BCUT2D eigenvalue weighted by atomic mass is 10.2. The number of nitriles is 1. The van der Waals surface area contributed by atoms with Crippen LogP contribution in [-0.2, 0) is 0 Å². The minimum absolute atomic E-state index is 0.166. The molecule has 0 unspecified atom stereocenters. The fourth-order valence-corrected chi connectivity index (χ4v) is 1.80. The topological polar surface area (TPSA) is 153 Å². The summed E-state index contributed by atoms with van der Waals surface area (Å²) in [5.41, 5.74) is 8.48. The van der Waals surface area contributed by atoms with Crippen molar-refractivity contribution in [2.24, 2.45) is 10.8 Å². The van der Waals surface area contributed by atoms with E-state index in [0.29, 0.717) is 11.4 Å². The number of benzene rings is 2. The minimum Gasteiger partial charge on any atom is -0.382 e. The zero-order valence-electron chi connectivity index (χ0n) is 12.4. The molecule has 2 aromatic carbocycles. The van der Waals surface area contributed by atoms with Crippen LogP contribution in [0.2, 0.25) is 0 Å². The lowest BCUT2D eigenvalue weighted by Crippen LogP contribution is -2.21. The van der Waals surface area contributed by atoms with Gasteiger partial charge in [-0.05, 0) is 24.3 Å². The summed E-state index contributed by atoms with van der Waals surface area (Å²) in [6.07, 6.45) is 0. The number of rotatable bonds is 6. The maximum absolute atomic E-state index is 11.3. The summed E-state index contributed by atoms with van der Waals surface area (Å²) >= 11 is 0. The molecule has 120 valence electrons. The molecule has 5 N–H and O–H groups in total. The highest BCUT2D eigenvalue weighted by Gasteiger charge is 2.15. The second kappa shape index (κ2) is 7.37. The van der Waals surface area contributed by atoms with Gasteiger partial charge in [0.2, 0.25) is 5.71 Å². The largest absolute Gasteiger partial charge is 0.382 e. The molecule has 0 saturated carbocycles. The Hall–Kier alpha value is -3.93. The van der Waals surface area contributed by atoms with Gasteiger partial charge in [-0.1, -0.05) is 18.2 Å². The summed E-state index contributed by atoms with van der Waals surface area (Å²) in [4.78, 5) is 10.7.